The van der Waals surface area contributed by atoms with Gasteiger partial charge in [-0.3, -0.25) is 0 Å². The number of fused-ring (bicyclic) bond motifs is 2. The van der Waals surface area contributed by atoms with E-state index < -0.39 is 0 Å². The Balaban J connectivity index is 1.69. The first-order chi connectivity index (χ1) is 11.7. The van der Waals surface area contributed by atoms with Gasteiger partial charge >= 0.3 is 0 Å². The lowest BCUT2D eigenvalue weighted by molar-refractivity contribution is 0.413. The first kappa shape index (κ1) is 15.3. The molecular weight excluding hydrogens is 320 g/mol. The molecule has 0 unspecified atom stereocenters. The van der Waals surface area contributed by atoms with Gasteiger partial charge in [0.1, 0.15) is 17.0 Å². The lowest BCUT2D eigenvalue weighted by Gasteiger charge is -2.28. The molecule has 0 N–H and O–H groups in total. The topological polar surface area (TPSA) is 34.6 Å². The molecule has 3 aromatic rings. The molecule has 5 heteroatoms. The fourth-order valence-electron chi connectivity index (χ4n) is 3.22. The van der Waals surface area contributed by atoms with E-state index in [4.69, 9.17) is 14.5 Å². The molecule has 0 spiro atoms. The van der Waals surface area contributed by atoms with E-state index in [-0.39, 0.29) is 0 Å². The van der Waals surface area contributed by atoms with Gasteiger partial charge in [0.15, 0.2) is 5.13 Å². The average molecular weight is 340 g/mol. The van der Waals surface area contributed by atoms with Crippen molar-refractivity contribution in [1.29, 1.82) is 0 Å². The first-order valence-corrected chi connectivity index (χ1v) is 8.86. The van der Waals surface area contributed by atoms with Crippen LogP contribution in [0.5, 0.6) is 11.5 Å². The van der Waals surface area contributed by atoms with Crippen LogP contribution >= 0.6 is 11.3 Å². The zero-order chi connectivity index (χ0) is 16.7. The summed E-state index contributed by atoms with van der Waals surface area (Å²) in [5.41, 5.74) is 4.94. The normalized spacial score (nSPS) is 13.9. The molecule has 4 nitrogen and oxygen atoms in total. The molecule has 124 valence electrons. The highest BCUT2D eigenvalue weighted by Gasteiger charge is 2.21. The van der Waals surface area contributed by atoms with Crippen LogP contribution in [0.15, 0.2) is 30.3 Å². The minimum Gasteiger partial charge on any atom is -0.497 e. The second kappa shape index (κ2) is 5.98. The molecule has 0 atom stereocenters. The summed E-state index contributed by atoms with van der Waals surface area (Å²) in [6, 6.07) is 10.4. The first-order valence-electron chi connectivity index (χ1n) is 8.04. The summed E-state index contributed by atoms with van der Waals surface area (Å²) in [4.78, 5) is 7.23. The number of anilines is 1. The van der Waals surface area contributed by atoms with Crippen molar-refractivity contribution in [1.82, 2.24) is 4.98 Å². The molecule has 2 aromatic carbocycles. The van der Waals surface area contributed by atoms with Gasteiger partial charge in [0, 0.05) is 13.1 Å². The van der Waals surface area contributed by atoms with Crippen LogP contribution in [0.25, 0.3) is 10.2 Å². The van der Waals surface area contributed by atoms with Gasteiger partial charge in [0.2, 0.25) is 0 Å². The van der Waals surface area contributed by atoms with Crippen LogP contribution in [0.3, 0.4) is 0 Å². The molecule has 4 rings (SSSR count). The Labute approximate surface area is 145 Å². The van der Waals surface area contributed by atoms with E-state index in [1.807, 2.05) is 12.1 Å². The van der Waals surface area contributed by atoms with Crippen molar-refractivity contribution in [3.8, 4) is 11.5 Å². The van der Waals surface area contributed by atoms with Crippen molar-refractivity contribution in [3.63, 3.8) is 0 Å². The summed E-state index contributed by atoms with van der Waals surface area (Å²) < 4.78 is 12.0. The number of ether oxygens (including phenoxy) is 2. The lowest BCUT2D eigenvalue weighted by Crippen LogP contribution is -2.30. The number of nitrogens with zero attached hydrogens (tertiary/aromatic N) is 2. The number of hydrogen-bond acceptors (Lipinski definition) is 5. The summed E-state index contributed by atoms with van der Waals surface area (Å²) in [7, 11) is 3.42. The van der Waals surface area contributed by atoms with Crippen LogP contribution in [0.4, 0.5) is 5.13 Å². The van der Waals surface area contributed by atoms with Gasteiger partial charge in [0.05, 0.1) is 18.9 Å². The minimum absolute atomic E-state index is 0.847. The molecular formula is C19H20N2O2S. The molecule has 24 heavy (non-hydrogen) atoms. The van der Waals surface area contributed by atoms with Crippen LogP contribution in [-0.4, -0.2) is 25.7 Å². The van der Waals surface area contributed by atoms with Crippen LogP contribution in [-0.2, 0) is 13.0 Å². The third-order valence-corrected chi connectivity index (χ3v) is 5.86. The van der Waals surface area contributed by atoms with Crippen molar-refractivity contribution in [2.24, 2.45) is 0 Å². The minimum atomic E-state index is 0.847. The number of hydrogen-bond donors (Lipinski definition) is 0. The van der Waals surface area contributed by atoms with Crippen molar-refractivity contribution in [2.45, 2.75) is 19.9 Å². The number of thiazole rings is 1. The maximum atomic E-state index is 5.48. The third kappa shape index (κ3) is 2.49. The molecule has 0 saturated carbocycles. The second-order valence-electron chi connectivity index (χ2n) is 6.07. The van der Waals surface area contributed by atoms with E-state index in [1.54, 1.807) is 25.6 Å². The molecule has 0 saturated heterocycles. The van der Waals surface area contributed by atoms with E-state index in [1.165, 1.54) is 21.4 Å². The van der Waals surface area contributed by atoms with E-state index >= 15 is 0 Å². The van der Waals surface area contributed by atoms with Gasteiger partial charge in [-0.05, 0) is 48.2 Å². The Hall–Kier alpha value is -2.27. The van der Waals surface area contributed by atoms with Crippen molar-refractivity contribution in [2.75, 3.05) is 25.7 Å². The lowest BCUT2D eigenvalue weighted by atomic mass is 10.00. The fourth-order valence-corrected chi connectivity index (χ4v) is 4.29. The molecule has 0 radical (unpaired) electrons. The van der Waals surface area contributed by atoms with Gasteiger partial charge in [-0.2, -0.15) is 0 Å². The number of methoxy groups -OCH3 is 2. The van der Waals surface area contributed by atoms with E-state index in [9.17, 15) is 0 Å². The summed E-state index contributed by atoms with van der Waals surface area (Å²) in [6.45, 7) is 3.99. The Morgan fingerprint density at radius 1 is 1.08 bits per heavy atom. The monoisotopic (exact) mass is 340 g/mol. The number of aryl methyl sites for hydroxylation is 1. The zero-order valence-corrected chi connectivity index (χ0v) is 14.9. The molecule has 0 aliphatic carbocycles. The quantitative estimate of drug-likeness (QED) is 0.716. The standard InChI is InChI=1S/C19H20N2O2S/c1-12-4-7-16(23-3)17-18(12)24-19(20-17)21-9-8-13-10-15(22-2)6-5-14(13)11-21/h4-7,10H,8-9,11H2,1-3H3. The Kier molecular flexibility index (Phi) is 3.81. The van der Waals surface area contributed by atoms with Crippen LogP contribution in [0.2, 0.25) is 0 Å². The van der Waals surface area contributed by atoms with Gasteiger partial charge < -0.3 is 14.4 Å². The summed E-state index contributed by atoms with van der Waals surface area (Å²) in [5, 5.41) is 1.07. The summed E-state index contributed by atoms with van der Waals surface area (Å²) in [6.07, 6.45) is 1.01. The molecule has 0 amide bonds. The van der Waals surface area contributed by atoms with Gasteiger partial charge in [-0.25, -0.2) is 4.98 Å². The number of benzene rings is 2. The average Bonchev–Trinajstić information content (AvgIpc) is 3.07. The second-order valence-corrected chi connectivity index (χ2v) is 7.04. The number of aromatic nitrogens is 1. The van der Waals surface area contributed by atoms with Crippen LogP contribution < -0.4 is 14.4 Å². The van der Waals surface area contributed by atoms with Gasteiger partial charge in [-0.1, -0.05) is 23.5 Å². The van der Waals surface area contributed by atoms with Crippen molar-refractivity contribution in [3.05, 3.63) is 47.0 Å². The molecule has 1 aromatic heterocycles. The van der Waals surface area contributed by atoms with Crippen LogP contribution in [0, 0.1) is 6.92 Å². The largest absolute Gasteiger partial charge is 0.497 e. The summed E-state index contributed by atoms with van der Waals surface area (Å²) in [5.74, 6) is 1.78. The highest BCUT2D eigenvalue weighted by atomic mass is 32.1. The Morgan fingerprint density at radius 3 is 2.75 bits per heavy atom. The molecule has 1 aliphatic rings. The van der Waals surface area contributed by atoms with Crippen molar-refractivity contribution >= 4 is 26.7 Å². The van der Waals surface area contributed by atoms with Crippen LogP contribution in [0.1, 0.15) is 16.7 Å². The smallest absolute Gasteiger partial charge is 0.186 e. The zero-order valence-electron chi connectivity index (χ0n) is 14.1. The maximum Gasteiger partial charge on any atom is 0.186 e. The highest BCUT2D eigenvalue weighted by Crippen LogP contribution is 2.38. The van der Waals surface area contributed by atoms with Gasteiger partial charge in [0.25, 0.3) is 0 Å². The van der Waals surface area contributed by atoms with E-state index in [0.29, 0.717) is 0 Å². The van der Waals surface area contributed by atoms with E-state index in [2.05, 4.69) is 30.0 Å². The third-order valence-electron chi connectivity index (χ3n) is 4.61. The molecule has 0 bridgehead atoms. The Morgan fingerprint density at radius 2 is 1.96 bits per heavy atom. The number of rotatable bonds is 3. The molecule has 1 aliphatic heterocycles. The summed E-state index contributed by atoms with van der Waals surface area (Å²) >= 11 is 1.75. The molecule has 2 heterocycles. The van der Waals surface area contributed by atoms with Crippen molar-refractivity contribution < 1.29 is 9.47 Å². The predicted molar refractivity (Wildman–Crippen MR) is 98.7 cm³/mol. The predicted octanol–water partition coefficient (Wildman–Crippen LogP) is 4.18. The Bertz CT molecular complexity index is 904. The highest BCUT2D eigenvalue weighted by molar-refractivity contribution is 7.22. The fraction of sp³-hybridized carbons (Fsp3) is 0.316. The van der Waals surface area contributed by atoms with Gasteiger partial charge in [-0.15, -0.1) is 0 Å². The SMILES string of the molecule is COc1ccc2c(c1)CCN(c1nc3c(OC)ccc(C)c3s1)C2. The van der Waals surface area contributed by atoms with E-state index in [0.717, 1.165) is 41.7 Å². The maximum absolute atomic E-state index is 5.48. The molecule has 0 fully saturated rings.